The second kappa shape index (κ2) is 6.53. The summed E-state index contributed by atoms with van der Waals surface area (Å²) in [6, 6.07) is 3.76. The highest BCUT2D eigenvalue weighted by molar-refractivity contribution is 5.79. The van der Waals surface area contributed by atoms with Gasteiger partial charge in [-0.1, -0.05) is 13.0 Å². The van der Waals surface area contributed by atoms with E-state index in [2.05, 4.69) is 4.90 Å². The molecular formula is C17H22F2N2O2. The molecule has 6 heteroatoms. The van der Waals surface area contributed by atoms with Crippen molar-refractivity contribution in [1.82, 2.24) is 9.80 Å². The van der Waals surface area contributed by atoms with Gasteiger partial charge in [-0.25, -0.2) is 8.78 Å². The Bertz CT molecular complexity index is 592. The Morgan fingerprint density at radius 3 is 2.70 bits per heavy atom. The van der Waals surface area contributed by atoms with E-state index in [0.29, 0.717) is 24.6 Å². The number of aliphatic hydroxyl groups is 1. The summed E-state index contributed by atoms with van der Waals surface area (Å²) in [5.41, 5.74) is 0.531. The van der Waals surface area contributed by atoms with Gasteiger partial charge in [0, 0.05) is 12.6 Å². The molecule has 0 aromatic heterocycles. The Morgan fingerprint density at radius 2 is 2.09 bits per heavy atom. The number of amides is 1. The molecule has 126 valence electrons. The van der Waals surface area contributed by atoms with Crippen molar-refractivity contribution in [3.05, 3.63) is 35.4 Å². The molecule has 0 spiro atoms. The number of halogens is 2. The molecule has 1 heterocycles. The van der Waals surface area contributed by atoms with Gasteiger partial charge in [-0.05, 0) is 43.5 Å². The van der Waals surface area contributed by atoms with E-state index in [1.54, 1.807) is 4.90 Å². The number of β-amino-alcohol motifs (C(OH)–C–C–N with tert-alkyl or cyclic N) is 1. The van der Waals surface area contributed by atoms with Gasteiger partial charge in [-0.2, -0.15) is 0 Å². The first-order valence-electron chi connectivity index (χ1n) is 8.16. The summed E-state index contributed by atoms with van der Waals surface area (Å²) in [6.07, 6.45) is 1.96. The fourth-order valence-corrected chi connectivity index (χ4v) is 3.33. The molecule has 23 heavy (non-hydrogen) atoms. The molecule has 1 N–H and O–H groups in total. The van der Waals surface area contributed by atoms with Crippen molar-refractivity contribution in [1.29, 1.82) is 0 Å². The van der Waals surface area contributed by atoms with Crippen molar-refractivity contribution in [2.24, 2.45) is 0 Å². The van der Waals surface area contributed by atoms with Crippen molar-refractivity contribution in [2.75, 3.05) is 19.6 Å². The lowest BCUT2D eigenvalue weighted by Gasteiger charge is -2.28. The third kappa shape index (κ3) is 3.53. The average molecular weight is 324 g/mol. The SMILES string of the molecule is CCN(CC(=O)N1CC(O)CC1c1ccc(F)c(F)c1)C1CC1. The van der Waals surface area contributed by atoms with Gasteiger partial charge < -0.3 is 10.0 Å². The molecule has 2 aliphatic rings. The van der Waals surface area contributed by atoms with Crippen LogP contribution in [0.15, 0.2) is 18.2 Å². The molecule has 2 unspecified atom stereocenters. The fourth-order valence-electron chi connectivity index (χ4n) is 3.33. The number of nitrogens with zero attached hydrogens (tertiary/aromatic N) is 2. The number of aliphatic hydroxyl groups excluding tert-OH is 1. The largest absolute Gasteiger partial charge is 0.391 e. The van der Waals surface area contributed by atoms with Crippen LogP contribution in [0.1, 0.15) is 37.8 Å². The van der Waals surface area contributed by atoms with E-state index >= 15 is 0 Å². The van der Waals surface area contributed by atoms with Crippen LogP contribution in [0.5, 0.6) is 0 Å². The van der Waals surface area contributed by atoms with E-state index in [0.717, 1.165) is 31.5 Å². The zero-order chi connectivity index (χ0) is 16.6. The summed E-state index contributed by atoms with van der Waals surface area (Å²) in [4.78, 5) is 16.4. The first kappa shape index (κ1) is 16.3. The topological polar surface area (TPSA) is 43.8 Å². The quantitative estimate of drug-likeness (QED) is 0.902. The predicted molar refractivity (Wildman–Crippen MR) is 81.7 cm³/mol. The van der Waals surface area contributed by atoms with Crippen LogP contribution in [-0.4, -0.2) is 52.6 Å². The lowest BCUT2D eigenvalue weighted by molar-refractivity contribution is -0.133. The smallest absolute Gasteiger partial charge is 0.237 e. The molecule has 1 aliphatic heterocycles. The molecule has 3 rings (SSSR count). The molecule has 1 saturated heterocycles. The van der Waals surface area contributed by atoms with Crippen LogP contribution in [0.3, 0.4) is 0 Å². The van der Waals surface area contributed by atoms with Crippen LogP contribution in [0.4, 0.5) is 8.78 Å². The van der Waals surface area contributed by atoms with Gasteiger partial charge in [0.1, 0.15) is 0 Å². The lowest BCUT2D eigenvalue weighted by atomic mass is 10.0. The van der Waals surface area contributed by atoms with Crippen molar-refractivity contribution >= 4 is 5.91 Å². The van der Waals surface area contributed by atoms with E-state index < -0.39 is 23.8 Å². The molecule has 2 atom stereocenters. The first-order chi connectivity index (χ1) is 11.0. The molecule has 0 radical (unpaired) electrons. The second-order valence-corrected chi connectivity index (χ2v) is 6.42. The molecule has 1 aromatic carbocycles. The van der Waals surface area contributed by atoms with Crippen molar-refractivity contribution in [3.63, 3.8) is 0 Å². The maximum atomic E-state index is 13.5. The second-order valence-electron chi connectivity index (χ2n) is 6.42. The number of hydrogen-bond acceptors (Lipinski definition) is 3. The average Bonchev–Trinajstić information content (AvgIpc) is 3.29. The van der Waals surface area contributed by atoms with Crippen LogP contribution in [0, 0.1) is 11.6 Å². The fraction of sp³-hybridized carbons (Fsp3) is 0.588. The van der Waals surface area contributed by atoms with Gasteiger partial charge in [0.05, 0.1) is 18.7 Å². The third-order valence-corrected chi connectivity index (χ3v) is 4.74. The monoisotopic (exact) mass is 324 g/mol. The van der Waals surface area contributed by atoms with E-state index in [4.69, 9.17) is 0 Å². The Morgan fingerprint density at radius 1 is 1.35 bits per heavy atom. The summed E-state index contributed by atoms with van der Waals surface area (Å²) in [7, 11) is 0. The summed E-state index contributed by atoms with van der Waals surface area (Å²) in [5.74, 6) is -1.90. The molecule has 1 saturated carbocycles. The van der Waals surface area contributed by atoms with Crippen LogP contribution in [0.25, 0.3) is 0 Å². The zero-order valence-corrected chi connectivity index (χ0v) is 13.2. The normalized spacial score (nSPS) is 24.5. The van der Waals surface area contributed by atoms with Crippen molar-refractivity contribution in [2.45, 2.75) is 44.4 Å². The van der Waals surface area contributed by atoms with Gasteiger partial charge in [0.25, 0.3) is 0 Å². The van der Waals surface area contributed by atoms with Crippen LogP contribution < -0.4 is 0 Å². The number of likely N-dealkylation sites (N-methyl/N-ethyl adjacent to an activating group) is 1. The van der Waals surface area contributed by atoms with Crippen LogP contribution in [0.2, 0.25) is 0 Å². The minimum Gasteiger partial charge on any atom is -0.391 e. The summed E-state index contributed by atoms with van der Waals surface area (Å²) < 4.78 is 26.6. The van der Waals surface area contributed by atoms with E-state index in [9.17, 15) is 18.7 Å². The Hall–Kier alpha value is -1.53. The Labute approximate surface area is 134 Å². The summed E-state index contributed by atoms with van der Waals surface area (Å²) in [6.45, 7) is 3.39. The number of benzene rings is 1. The molecule has 0 bridgehead atoms. The Kier molecular flexibility index (Phi) is 4.64. The van der Waals surface area contributed by atoms with Gasteiger partial charge >= 0.3 is 0 Å². The molecule has 1 aromatic rings. The van der Waals surface area contributed by atoms with Gasteiger partial charge in [-0.15, -0.1) is 0 Å². The van der Waals surface area contributed by atoms with Gasteiger partial charge in [0.2, 0.25) is 5.91 Å². The first-order valence-corrected chi connectivity index (χ1v) is 8.16. The molecular weight excluding hydrogens is 302 g/mol. The van der Waals surface area contributed by atoms with Crippen molar-refractivity contribution in [3.8, 4) is 0 Å². The van der Waals surface area contributed by atoms with E-state index in [1.807, 2.05) is 6.92 Å². The number of carbonyl (C=O) groups is 1. The molecule has 2 fully saturated rings. The molecule has 1 amide bonds. The molecule has 1 aliphatic carbocycles. The highest BCUT2D eigenvalue weighted by Gasteiger charge is 2.37. The minimum atomic E-state index is -0.926. The van der Waals surface area contributed by atoms with E-state index in [-0.39, 0.29) is 12.5 Å². The zero-order valence-electron chi connectivity index (χ0n) is 13.2. The third-order valence-electron chi connectivity index (χ3n) is 4.74. The minimum absolute atomic E-state index is 0.0648. The predicted octanol–water partition coefficient (Wildman–Crippen LogP) is 2.08. The highest BCUT2D eigenvalue weighted by atomic mass is 19.2. The van der Waals surface area contributed by atoms with Gasteiger partial charge in [-0.3, -0.25) is 9.69 Å². The van der Waals surface area contributed by atoms with Gasteiger partial charge in [0.15, 0.2) is 11.6 Å². The number of likely N-dealkylation sites (tertiary alicyclic amines) is 1. The summed E-state index contributed by atoms with van der Waals surface area (Å²) >= 11 is 0. The maximum absolute atomic E-state index is 13.5. The van der Waals surface area contributed by atoms with Crippen molar-refractivity contribution < 1.29 is 18.7 Å². The van der Waals surface area contributed by atoms with Crippen LogP contribution in [-0.2, 0) is 4.79 Å². The van der Waals surface area contributed by atoms with E-state index in [1.165, 1.54) is 6.07 Å². The summed E-state index contributed by atoms with van der Waals surface area (Å²) in [5, 5.41) is 9.94. The van der Waals surface area contributed by atoms with Crippen LogP contribution >= 0.6 is 0 Å². The number of hydrogen-bond donors (Lipinski definition) is 1. The lowest BCUT2D eigenvalue weighted by Crippen LogP contribution is -2.41. The molecule has 4 nitrogen and oxygen atoms in total. The maximum Gasteiger partial charge on any atom is 0.237 e. The highest BCUT2D eigenvalue weighted by Crippen LogP contribution is 2.34. The number of rotatable bonds is 5. The Balaban J connectivity index is 1.75. The number of carbonyl (C=O) groups excluding carboxylic acids is 1. The standard InChI is InChI=1S/C17H22F2N2O2/c1-2-20(12-4-5-12)10-17(23)21-9-13(22)8-16(21)11-3-6-14(18)15(19)7-11/h3,6-7,12-13,16,22H,2,4-5,8-10H2,1H3.